The van der Waals surface area contributed by atoms with E-state index >= 15 is 0 Å². The van der Waals surface area contributed by atoms with E-state index in [2.05, 4.69) is 11.4 Å². The summed E-state index contributed by atoms with van der Waals surface area (Å²) in [5, 5.41) is 5.19. The summed E-state index contributed by atoms with van der Waals surface area (Å²) in [7, 11) is 0. The summed E-state index contributed by atoms with van der Waals surface area (Å²) >= 11 is 7.51. The van der Waals surface area contributed by atoms with E-state index in [1.165, 1.54) is 19.3 Å². The maximum Gasteiger partial charge on any atom is 0.165 e. The van der Waals surface area contributed by atoms with Crippen molar-refractivity contribution in [3.63, 3.8) is 0 Å². The van der Waals surface area contributed by atoms with Crippen LogP contribution in [0.1, 0.15) is 31.1 Å². The Bertz CT molecular complexity index is 531. The predicted molar refractivity (Wildman–Crippen MR) is 78.9 cm³/mol. The zero-order valence-corrected chi connectivity index (χ0v) is 12.1. The van der Waals surface area contributed by atoms with Crippen molar-refractivity contribution < 1.29 is 4.42 Å². The highest BCUT2D eigenvalue weighted by molar-refractivity contribution is 7.99. The molecule has 1 aliphatic rings. The molecule has 1 aliphatic heterocycles. The average Bonchev–Trinajstić information content (AvgIpc) is 2.91. The van der Waals surface area contributed by atoms with E-state index in [9.17, 15) is 0 Å². The fraction of sp³-hybridized carbons (Fsp3) is 0.333. The summed E-state index contributed by atoms with van der Waals surface area (Å²) in [5.41, 5.74) is 0. The molecule has 1 aromatic carbocycles. The molecule has 0 saturated carbocycles. The highest BCUT2D eigenvalue weighted by atomic mass is 35.5. The number of halogens is 1. The zero-order valence-electron chi connectivity index (χ0n) is 10.6. The molecule has 1 atom stereocenters. The minimum absolute atomic E-state index is 0.383. The first-order valence-electron chi connectivity index (χ1n) is 6.58. The second kappa shape index (κ2) is 6.04. The second-order valence-electron chi connectivity index (χ2n) is 4.72. The molecule has 2 heterocycles. The van der Waals surface area contributed by atoms with Crippen LogP contribution in [0.25, 0.3) is 0 Å². The molecule has 0 spiro atoms. The van der Waals surface area contributed by atoms with Crippen LogP contribution in [-0.4, -0.2) is 6.54 Å². The molecular formula is C15H16ClNOS. The van der Waals surface area contributed by atoms with Gasteiger partial charge in [-0.3, -0.25) is 0 Å². The summed E-state index contributed by atoms with van der Waals surface area (Å²) in [4.78, 5) is 1.14. The lowest BCUT2D eigenvalue weighted by molar-refractivity contribution is 0.326. The van der Waals surface area contributed by atoms with E-state index in [0.717, 1.165) is 27.3 Å². The molecule has 19 heavy (non-hydrogen) atoms. The Labute approximate surface area is 122 Å². The summed E-state index contributed by atoms with van der Waals surface area (Å²) in [5.74, 6) is 1.05. The van der Waals surface area contributed by atoms with Gasteiger partial charge < -0.3 is 9.73 Å². The average molecular weight is 294 g/mol. The number of piperidine rings is 1. The van der Waals surface area contributed by atoms with Crippen molar-refractivity contribution in [1.29, 1.82) is 0 Å². The smallest absolute Gasteiger partial charge is 0.165 e. The first-order chi connectivity index (χ1) is 9.31. The molecule has 1 fully saturated rings. The van der Waals surface area contributed by atoms with Gasteiger partial charge in [0.2, 0.25) is 0 Å². The fourth-order valence-electron chi connectivity index (χ4n) is 2.29. The van der Waals surface area contributed by atoms with E-state index < -0.39 is 0 Å². The van der Waals surface area contributed by atoms with E-state index in [-0.39, 0.29) is 0 Å². The van der Waals surface area contributed by atoms with Gasteiger partial charge in [0.15, 0.2) is 5.09 Å². The number of furan rings is 1. The van der Waals surface area contributed by atoms with Crippen LogP contribution in [0.2, 0.25) is 5.02 Å². The van der Waals surface area contributed by atoms with Crippen LogP contribution in [-0.2, 0) is 0 Å². The largest absolute Gasteiger partial charge is 0.453 e. The van der Waals surface area contributed by atoms with Crippen molar-refractivity contribution in [2.24, 2.45) is 0 Å². The Morgan fingerprint density at radius 2 is 1.95 bits per heavy atom. The fourth-order valence-corrected chi connectivity index (χ4v) is 3.19. The van der Waals surface area contributed by atoms with E-state index in [1.54, 1.807) is 11.8 Å². The van der Waals surface area contributed by atoms with Crippen LogP contribution in [0.5, 0.6) is 0 Å². The van der Waals surface area contributed by atoms with Gasteiger partial charge in [-0.1, -0.05) is 29.8 Å². The number of benzene rings is 1. The number of nitrogens with one attached hydrogen (secondary N) is 1. The Kier molecular flexibility index (Phi) is 4.16. The SMILES string of the molecule is Clc1ccc(Sc2ccc([C@H]3CCCCN3)o2)cc1. The van der Waals surface area contributed by atoms with Gasteiger partial charge in [0, 0.05) is 9.92 Å². The van der Waals surface area contributed by atoms with Gasteiger partial charge in [-0.2, -0.15) is 0 Å². The molecule has 0 aliphatic carbocycles. The Morgan fingerprint density at radius 1 is 1.11 bits per heavy atom. The van der Waals surface area contributed by atoms with Crippen molar-refractivity contribution in [2.45, 2.75) is 35.3 Å². The lowest BCUT2D eigenvalue weighted by atomic mass is 10.0. The normalized spacial score (nSPS) is 19.5. The van der Waals surface area contributed by atoms with Crippen LogP contribution < -0.4 is 5.32 Å². The third-order valence-corrected chi connectivity index (χ3v) is 4.47. The van der Waals surface area contributed by atoms with Crippen molar-refractivity contribution in [2.75, 3.05) is 6.54 Å². The maximum absolute atomic E-state index is 5.92. The molecule has 1 saturated heterocycles. The highest BCUT2D eigenvalue weighted by Crippen LogP contribution is 2.33. The molecule has 0 amide bonds. The van der Waals surface area contributed by atoms with Gasteiger partial charge in [-0.05, 0) is 55.8 Å². The predicted octanol–water partition coefficient (Wildman–Crippen LogP) is 4.90. The van der Waals surface area contributed by atoms with Crippen molar-refractivity contribution >= 4 is 23.4 Å². The summed E-state index contributed by atoms with van der Waals surface area (Å²) in [6.45, 7) is 1.09. The third kappa shape index (κ3) is 3.35. The standard InChI is InChI=1S/C15H16ClNOS/c16-11-4-6-12(7-5-11)19-15-9-8-14(18-15)13-3-1-2-10-17-13/h4-9,13,17H,1-3,10H2/t13-/m1/s1. The molecular weight excluding hydrogens is 278 g/mol. The van der Waals surface area contributed by atoms with Crippen LogP contribution in [0.4, 0.5) is 0 Å². The molecule has 100 valence electrons. The molecule has 0 bridgehead atoms. The Balaban J connectivity index is 1.68. The summed E-state index contributed by atoms with van der Waals surface area (Å²) in [6.07, 6.45) is 3.71. The van der Waals surface area contributed by atoms with Gasteiger partial charge in [0.25, 0.3) is 0 Å². The third-order valence-electron chi connectivity index (χ3n) is 3.29. The van der Waals surface area contributed by atoms with Gasteiger partial charge in [0.05, 0.1) is 6.04 Å². The van der Waals surface area contributed by atoms with Crippen LogP contribution in [0.15, 0.2) is 50.8 Å². The van der Waals surface area contributed by atoms with Crippen LogP contribution in [0, 0.1) is 0 Å². The zero-order chi connectivity index (χ0) is 13.1. The van der Waals surface area contributed by atoms with Crippen LogP contribution >= 0.6 is 23.4 Å². The van der Waals surface area contributed by atoms with E-state index in [4.69, 9.17) is 16.0 Å². The van der Waals surface area contributed by atoms with Crippen molar-refractivity contribution in [3.8, 4) is 0 Å². The molecule has 1 aromatic heterocycles. The Hall–Kier alpha value is -0.900. The first-order valence-corrected chi connectivity index (χ1v) is 7.77. The molecule has 0 unspecified atom stereocenters. The first kappa shape index (κ1) is 13.1. The lowest BCUT2D eigenvalue weighted by Crippen LogP contribution is -2.26. The monoisotopic (exact) mass is 293 g/mol. The summed E-state index contributed by atoms with van der Waals surface area (Å²) < 4.78 is 5.92. The topological polar surface area (TPSA) is 25.2 Å². The second-order valence-corrected chi connectivity index (χ2v) is 6.23. The van der Waals surface area contributed by atoms with E-state index in [0.29, 0.717) is 6.04 Å². The van der Waals surface area contributed by atoms with Crippen molar-refractivity contribution in [1.82, 2.24) is 5.32 Å². The number of hydrogen-bond donors (Lipinski definition) is 1. The van der Waals surface area contributed by atoms with Gasteiger partial charge >= 0.3 is 0 Å². The molecule has 0 radical (unpaired) electrons. The molecule has 1 N–H and O–H groups in total. The van der Waals surface area contributed by atoms with Gasteiger partial charge in [0.1, 0.15) is 5.76 Å². The summed E-state index contributed by atoms with van der Waals surface area (Å²) in [6, 6.07) is 12.3. The minimum Gasteiger partial charge on any atom is -0.453 e. The van der Waals surface area contributed by atoms with Gasteiger partial charge in [-0.15, -0.1) is 0 Å². The molecule has 2 aromatic rings. The highest BCUT2D eigenvalue weighted by Gasteiger charge is 2.18. The quantitative estimate of drug-likeness (QED) is 0.871. The number of hydrogen-bond acceptors (Lipinski definition) is 3. The Morgan fingerprint density at radius 3 is 2.68 bits per heavy atom. The van der Waals surface area contributed by atoms with Crippen LogP contribution in [0.3, 0.4) is 0 Å². The number of rotatable bonds is 3. The molecule has 2 nitrogen and oxygen atoms in total. The van der Waals surface area contributed by atoms with Crippen molar-refractivity contribution in [3.05, 3.63) is 47.2 Å². The van der Waals surface area contributed by atoms with E-state index in [1.807, 2.05) is 30.3 Å². The lowest BCUT2D eigenvalue weighted by Gasteiger charge is -2.21. The van der Waals surface area contributed by atoms with Gasteiger partial charge in [-0.25, -0.2) is 0 Å². The molecule has 4 heteroatoms. The maximum atomic E-state index is 5.92. The minimum atomic E-state index is 0.383. The molecule has 3 rings (SSSR count).